The second-order valence-electron chi connectivity index (χ2n) is 5.42. The number of aryl methyl sites for hydroxylation is 3. The standard InChI is InChI=1S/C18H19N3/c1-5-16(17-8-12(2)10-19-14(17)4)15-6-7-21-18(9-15)13(3)11-20-21/h5-11H,1-4H3/b16-5-. The van der Waals surface area contributed by atoms with Gasteiger partial charge in [0.05, 0.1) is 11.7 Å². The number of nitrogens with zero attached hydrogens (tertiary/aromatic N) is 3. The minimum Gasteiger partial charge on any atom is -0.261 e. The van der Waals surface area contributed by atoms with E-state index in [2.05, 4.69) is 62.1 Å². The van der Waals surface area contributed by atoms with Crippen LogP contribution in [-0.4, -0.2) is 14.6 Å². The van der Waals surface area contributed by atoms with Crippen LogP contribution in [0.5, 0.6) is 0 Å². The van der Waals surface area contributed by atoms with Gasteiger partial charge in [0.25, 0.3) is 0 Å². The maximum atomic E-state index is 4.48. The summed E-state index contributed by atoms with van der Waals surface area (Å²) < 4.78 is 1.91. The summed E-state index contributed by atoms with van der Waals surface area (Å²) in [6.07, 6.45) is 7.98. The molecule has 0 atom stereocenters. The number of aromatic nitrogens is 3. The zero-order chi connectivity index (χ0) is 15.0. The van der Waals surface area contributed by atoms with Crippen LogP contribution >= 0.6 is 0 Å². The summed E-state index contributed by atoms with van der Waals surface area (Å²) in [5, 5.41) is 4.33. The van der Waals surface area contributed by atoms with Gasteiger partial charge in [-0.1, -0.05) is 6.08 Å². The van der Waals surface area contributed by atoms with Crippen LogP contribution in [0.4, 0.5) is 0 Å². The summed E-state index contributed by atoms with van der Waals surface area (Å²) in [5.74, 6) is 0. The number of pyridine rings is 2. The van der Waals surface area contributed by atoms with E-state index in [0.717, 1.165) is 11.2 Å². The van der Waals surface area contributed by atoms with Gasteiger partial charge in [0.15, 0.2) is 0 Å². The zero-order valence-electron chi connectivity index (χ0n) is 12.9. The fraction of sp³-hybridized carbons (Fsp3) is 0.222. The number of hydrogen-bond acceptors (Lipinski definition) is 2. The highest BCUT2D eigenvalue weighted by molar-refractivity contribution is 5.82. The van der Waals surface area contributed by atoms with Gasteiger partial charge in [-0.15, -0.1) is 0 Å². The van der Waals surface area contributed by atoms with Crippen molar-refractivity contribution < 1.29 is 0 Å². The number of allylic oxidation sites excluding steroid dienone is 1. The normalized spacial score (nSPS) is 12.1. The molecule has 0 bridgehead atoms. The van der Waals surface area contributed by atoms with Gasteiger partial charge in [-0.05, 0) is 68.2 Å². The van der Waals surface area contributed by atoms with Crippen LogP contribution in [0, 0.1) is 20.8 Å². The molecular formula is C18H19N3. The number of fused-ring (bicyclic) bond motifs is 1. The highest BCUT2D eigenvalue weighted by Gasteiger charge is 2.10. The van der Waals surface area contributed by atoms with Crippen molar-refractivity contribution in [2.75, 3.05) is 0 Å². The van der Waals surface area contributed by atoms with E-state index in [-0.39, 0.29) is 0 Å². The summed E-state index contributed by atoms with van der Waals surface area (Å²) >= 11 is 0. The Morgan fingerprint density at radius 2 is 1.95 bits per heavy atom. The number of hydrogen-bond donors (Lipinski definition) is 0. The molecule has 0 aliphatic rings. The summed E-state index contributed by atoms with van der Waals surface area (Å²) in [7, 11) is 0. The lowest BCUT2D eigenvalue weighted by molar-refractivity contribution is 0.960. The molecule has 0 spiro atoms. The van der Waals surface area contributed by atoms with Crippen molar-refractivity contribution in [2.24, 2.45) is 0 Å². The highest BCUT2D eigenvalue weighted by atomic mass is 15.2. The highest BCUT2D eigenvalue weighted by Crippen LogP contribution is 2.27. The molecule has 3 aromatic heterocycles. The quantitative estimate of drug-likeness (QED) is 0.705. The van der Waals surface area contributed by atoms with Crippen LogP contribution in [-0.2, 0) is 0 Å². The minimum absolute atomic E-state index is 1.05. The molecule has 0 fully saturated rings. The van der Waals surface area contributed by atoms with E-state index in [0.29, 0.717) is 0 Å². The van der Waals surface area contributed by atoms with E-state index in [1.165, 1.54) is 27.8 Å². The van der Waals surface area contributed by atoms with Gasteiger partial charge in [-0.2, -0.15) is 5.10 Å². The molecule has 0 amide bonds. The fourth-order valence-corrected chi connectivity index (χ4v) is 2.66. The average molecular weight is 277 g/mol. The molecule has 0 saturated heterocycles. The monoisotopic (exact) mass is 277 g/mol. The zero-order valence-corrected chi connectivity index (χ0v) is 12.9. The molecule has 3 heteroatoms. The second-order valence-corrected chi connectivity index (χ2v) is 5.42. The van der Waals surface area contributed by atoms with Crippen LogP contribution < -0.4 is 0 Å². The van der Waals surface area contributed by atoms with Crippen molar-refractivity contribution in [1.82, 2.24) is 14.6 Å². The Bertz CT molecular complexity index is 841. The Kier molecular flexibility index (Phi) is 3.34. The molecule has 0 aromatic carbocycles. The van der Waals surface area contributed by atoms with Crippen molar-refractivity contribution in [3.63, 3.8) is 0 Å². The molecule has 3 heterocycles. The first-order chi connectivity index (χ1) is 10.1. The van der Waals surface area contributed by atoms with Crippen LogP contribution in [0.2, 0.25) is 0 Å². The predicted octanol–water partition coefficient (Wildman–Crippen LogP) is 4.11. The van der Waals surface area contributed by atoms with Gasteiger partial charge >= 0.3 is 0 Å². The van der Waals surface area contributed by atoms with Crippen molar-refractivity contribution in [3.8, 4) is 0 Å². The Morgan fingerprint density at radius 3 is 2.71 bits per heavy atom. The molecule has 0 saturated carbocycles. The minimum atomic E-state index is 1.05. The predicted molar refractivity (Wildman–Crippen MR) is 86.4 cm³/mol. The fourth-order valence-electron chi connectivity index (χ4n) is 2.66. The topological polar surface area (TPSA) is 30.2 Å². The Labute approximate surface area is 125 Å². The maximum Gasteiger partial charge on any atom is 0.0696 e. The summed E-state index contributed by atoms with van der Waals surface area (Å²) in [6, 6.07) is 6.50. The van der Waals surface area contributed by atoms with E-state index in [1.54, 1.807) is 0 Å². The molecule has 106 valence electrons. The molecular weight excluding hydrogens is 258 g/mol. The summed E-state index contributed by atoms with van der Waals surface area (Å²) in [6.45, 7) is 8.29. The Morgan fingerprint density at radius 1 is 1.14 bits per heavy atom. The van der Waals surface area contributed by atoms with Crippen LogP contribution in [0.1, 0.15) is 34.9 Å². The van der Waals surface area contributed by atoms with Gasteiger partial charge in [-0.25, -0.2) is 4.52 Å². The van der Waals surface area contributed by atoms with E-state index in [4.69, 9.17) is 0 Å². The van der Waals surface area contributed by atoms with Crippen LogP contribution in [0.25, 0.3) is 11.1 Å². The Hall–Kier alpha value is -2.42. The van der Waals surface area contributed by atoms with Crippen molar-refractivity contribution >= 4 is 11.1 Å². The first-order valence-electron chi connectivity index (χ1n) is 7.14. The van der Waals surface area contributed by atoms with Gasteiger partial charge in [0.1, 0.15) is 0 Å². The lowest BCUT2D eigenvalue weighted by Gasteiger charge is -2.12. The van der Waals surface area contributed by atoms with E-state index in [9.17, 15) is 0 Å². The molecule has 3 nitrogen and oxygen atoms in total. The molecule has 21 heavy (non-hydrogen) atoms. The summed E-state index contributed by atoms with van der Waals surface area (Å²) in [4.78, 5) is 4.48. The van der Waals surface area contributed by atoms with Crippen LogP contribution in [0.15, 0.2) is 42.9 Å². The van der Waals surface area contributed by atoms with Gasteiger partial charge in [0, 0.05) is 23.7 Å². The summed E-state index contributed by atoms with van der Waals surface area (Å²) in [5.41, 5.74) is 8.17. The third kappa shape index (κ3) is 2.35. The lowest BCUT2D eigenvalue weighted by atomic mass is 9.96. The maximum absolute atomic E-state index is 4.48. The molecule has 0 radical (unpaired) electrons. The van der Waals surface area contributed by atoms with Gasteiger partial charge in [-0.3, -0.25) is 4.98 Å². The molecule has 0 N–H and O–H groups in total. The van der Waals surface area contributed by atoms with E-state index < -0.39 is 0 Å². The largest absolute Gasteiger partial charge is 0.261 e. The lowest BCUT2D eigenvalue weighted by Crippen LogP contribution is -1.97. The smallest absolute Gasteiger partial charge is 0.0696 e. The first kappa shape index (κ1) is 13.6. The third-order valence-electron chi connectivity index (χ3n) is 3.83. The second kappa shape index (κ2) is 5.17. The molecule has 0 aliphatic carbocycles. The van der Waals surface area contributed by atoms with E-state index >= 15 is 0 Å². The number of rotatable bonds is 2. The average Bonchev–Trinajstić information content (AvgIpc) is 2.85. The van der Waals surface area contributed by atoms with Gasteiger partial charge < -0.3 is 0 Å². The van der Waals surface area contributed by atoms with Crippen molar-refractivity contribution in [1.29, 1.82) is 0 Å². The molecule has 0 unspecified atom stereocenters. The first-order valence-corrected chi connectivity index (χ1v) is 7.14. The third-order valence-corrected chi connectivity index (χ3v) is 3.83. The molecule has 0 aliphatic heterocycles. The van der Waals surface area contributed by atoms with Crippen LogP contribution in [0.3, 0.4) is 0 Å². The van der Waals surface area contributed by atoms with Crippen molar-refractivity contribution in [2.45, 2.75) is 27.7 Å². The van der Waals surface area contributed by atoms with Gasteiger partial charge in [0.2, 0.25) is 0 Å². The van der Waals surface area contributed by atoms with E-state index in [1.807, 2.05) is 23.1 Å². The SMILES string of the molecule is C/C=C(/c1ccn2ncc(C)c2c1)c1cc(C)cnc1C. The molecule has 3 aromatic rings. The van der Waals surface area contributed by atoms with Crippen molar-refractivity contribution in [3.05, 3.63) is 70.8 Å². The molecule has 3 rings (SSSR count). The Balaban J connectivity index is 2.18.